The summed E-state index contributed by atoms with van der Waals surface area (Å²) in [7, 11) is 0. The zero-order chi connectivity index (χ0) is 25.3. The number of benzene rings is 3. The predicted octanol–water partition coefficient (Wildman–Crippen LogP) is 2.40. The number of phenols is 1. The minimum absolute atomic E-state index is 0.122. The average molecular weight is 496 g/mol. The van der Waals surface area contributed by atoms with Crippen molar-refractivity contribution in [3.05, 3.63) is 90.0 Å². The fourth-order valence-corrected chi connectivity index (χ4v) is 3.21. The first kappa shape index (κ1) is 25.4. The monoisotopic (exact) mass is 495 g/mol. The molecule has 0 heterocycles. The minimum Gasteiger partial charge on any atom is -0.508 e. The Balaban J connectivity index is 1.68. The van der Waals surface area contributed by atoms with Crippen LogP contribution in [0.25, 0.3) is 11.1 Å². The lowest BCUT2D eigenvalue weighted by atomic mass is 10.0. The van der Waals surface area contributed by atoms with Crippen molar-refractivity contribution in [3.63, 3.8) is 0 Å². The molecule has 0 aliphatic carbocycles. The lowest BCUT2D eigenvalue weighted by molar-refractivity contribution is -0.142. The molecule has 4 N–H and O–H groups in total. The topological polar surface area (TPSA) is 134 Å². The molecule has 0 unspecified atom stereocenters. The van der Waals surface area contributed by atoms with E-state index in [-0.39, 0.29) is 23.5 Å². The van der Waals surface area contributed by atoms with Gasteiger partial charge >= 0.3 is 11.9 Å². The molecule has 3 aromatic rings. The van der Waals surface area contributed by atoms with E-state index in [1.54, 1.807) is 60.7 Å². The number of esters is 2. The van der Waals surface area contributed by atoms with Crippen molar-refractivity contribution < 1.29 is 29.0 Å². The van der Waals surface area contributed by atoms with Crippen molar-refractivity contribution in [1.82, 2.24) is 16.0 Å². The second-order valence-electron chi connectivity index (χ2n) is 7.33. The molecule has 0 aliphatic rings. The lowest BCUT2D eigenvalue weighted by Gasteiger charge is -2.26. The highest BCUT2D eigenvalue weighted by atomic mass is 35.5. The number of rotatable bonds is 10. The van der Waals surface area contributed by atoms with Gasteiger partial charge < -0.3 is 20.5 Å². The Labute approximate surface area is 206 Å². The molecule has 0 aromatic heterocycles. The first-order valence-electron chi connectivity index (χ1n) is 10.4. The highest BCUT2D eigenvalue weighted by Gasteiger charge is 2.39. The van der Waals surface area contributed by atoms with Gasteiger partial charge in [-0.15, -0.1) is 0 Å². The van der Waals surface area contributed by atoms with Crippen LogP contribution in [0.4, 0.5) is 0 Å². The van der Waals surface area contributed by atoms with E-state index < -0.39 is 29.4 Å². The molecule has 0 spiro atoms. The normalized spacial score (nSPS) is 12.1. The maximum Gasteiger partial charge on any atom is 0.351 e. The van der Waals surface area contributed by atoms with Gasteiger partial charge in [0.2, 0.25) is 11.4 Å². The SMILES string of the molecule is O=CNCN[C@@](Cl)(CNC(=O)c1ccc(-c2cccc(O)c2)cc1)C(=O)OC(=O)c1ccccc1. The van der Waals surface area contributed by atoms with Gasteiger partial charge in [-0.3, -0.25) is 14.9 Å². The van der Waals surface area contributed by atoms with Crippen LogP contribution in [-0.2, 0) is 14.3 Å². The number of amides is 2. The first-order valence-corrected chi connectivity index (χ1v) is 10.8. The highest BCUT2D eigenvalue weighted by Crippen LogP contribution is 2.23. The van der Waals surface area contributed by atoms with Gasteiger partial charge in [-0.05, 0) is 47.5 Å². The Morgan fingerprint density at radius 2 is 1.63 bits per heavy atom. The summed E-state index contributed by atoms with van der Waals surface area (Å²) in [6.45, 7) is -0.681. The quantitative estimate of drug-likeness (QED) is 0.0645. The van der Waals surface area contributed by atoms with E-state index in [1.807, 2.05) is 6.07 Å². The third-order valence-corrected chi connectivity index (χ3v) is 5.31. The predicted molar refractivity (Wildman–Crippen MR) is 129 cm³/mol. The van der Waals surface area contributed by atoms with Crippen molar-refractivity contribution >= 4 is 35.9 Å². The molecule has 1 atom stereocenters. The zero-order valence-corrected chi connectivity index (χ0v) is 19.1. The fourth-order valence-electron chi connectivity index (χ4n) is 3.04. The van der Waals surface area contributed by atoms with Crippen molar-refractivity contribution in [1.29, 1.82) is 0 Å². The third kappa shape index (κ3) is 6.89. The molecular formula is C25H22ClN3O6. The minimum atomic E-state index is -2.04. The third-order valence-electron chi connectivity index (χ3n) is 4.89. The van der Waals surface area contributed by atoms with Crippen molar-refractivity contribution in [2.24, 2.45) is 0 Å². The number of aromatic hydroxyl groups is 1. The van der Waals surface area contributed by atoms with Crippen LogP contribution in [0.5, 0.6) is 5.75 Å². The van der Waals surface area contributed by atoms with E-state index in [0.717, 1.165) is 11.1 Å². The molecule has 3 rings (SSSR count). The number of alkyl halides is 1. The smallest absolute Gasteiger partial charge is 0.351 e. The van der Waals surface area contributed by atoms with Gasteiger partial charge in [0.25, 0.3) is 5.91 Å². The molecule has 0 radical (unpaired) electrons. The van der Waals surface area contributed by atoms with Crippen LogP contribution in [0.1, 0.15) is 20.7 Å². The van der Waals surface area contributed by atoms with Gasteiger partial charge in [0, 0.05) is 5.56 Å². The number of phenolic OH excluding ortho intramolecular Hbond substituents is 1. The average Bonchev–Trinajstić information content (AvgIpc) is 2.88. The van der Waals surface area contributed by atoms with Crippen LogP contribution in [0.3, 0.4) is 0 Å². The molecule has 0 saturated heterocycles. The summed E-state index contributed by atoms with van der Waals surface area (Å²) in [5.74, 6) is -2.48. The molecule has 35 heavy (non-hydrogen) atoms. The number of hydrogen-bond donors (Lipinski definition) is 4. The molecule has 0 saturated carbocycles. The molecule has 180 valence electrons. The molecule has 0 aliphatic heterocycles. The molecule has 0 fully saturated rings. The van der Waals surface area contributed by atoms with E-state index in [1.165, 1.54) is 12.1 Å². The lowest BCUT2D eigenvalue weighted by Crippen LogP contribution is -2.57. The second kappa shape index (κ2) is 11.8. The van der Waals surface area contributed by atoms with E-state index >= 15 is 0 Å². The van der Waals surface area contributed by atoms with E-state index in [2.05, 4.69) is 16.0 Å². The Bertz CT molecular complexity index is 1200. The Kier molecular flexibility index (Phi) is 8.55. The van der Waals surface area contributed by atoms with Crippen LogP contribution >= 0.6 is 11.6 Å². The van der Waals surface area contributed by atoms with Crippen LogP contribution in [0.2, 0.25) is 0 Å². The highest BCUT2D eigenvalue weighted by molar-refractivity contribution is 6.34. The number of ether oxygens (including phenoxy) is 1. The van der Waals surface area contributed by atoms with Gasteiger partial charge in [-0.25, -0.2) is 9.59 Å². The maximum absolute atomic E-state index is 12.7. The Hall–Kier alpha value is -4.21. The number of halogens is 1. The summed E-state index contributed by atoms with van der Waals surface area (Å²) < 4.78 is 4.88. The van der Waals surface area contributed by atoms with Crippen LogP contribution in [-0.4, -0.2) is 47.6 Å². The van der Waals surface area contributed by atoms with Gasteiger partial charge in [0.1, 0.15) is 5.75 Å². The standard InChI is InChI=1S/C25H22ClN3O6/c26-25(29-15-27-16-30,24(34)35-23(33)19-5-2-1-3-6-19)14-28-22(32)18-11-9-17(10-12-18)20-7-4-8-21(31)13-20/h1-13,16,29,31H,14-15H2,(H,27,30)(H,28,32)/t25-/m0/s1. The molecule has 2 amide bonds. The Morgan fingerprint density at radius 3 is 2.29 bits per heavy atom. The van der Waals surface area contributed by atoms with Crippen molar-refractivity contribution in [2.75, 3.05) is 13.2 Å². The first-order chi connectivity index (χ1) is 16.8. The second-order valence-corrected chi connectivity index (χ2v) is 7.98. The van der Waals surface area contributed by atoms with Gasteiger partial charge in [-0.1, -0.05) is 54.1 Å². The van der Waals surface area contributed by atoms with Crippen molar-refractivity contribution in [3.8, 4) is 16.9 Å². The van der Waals surface area contributed by atoms with Crippen LogP contribution < -0.4 is 16.0 Å². The van der Waals surface area contributed by atoms with Gasteiger partial charge in [-0.2, -0.15) is 0 Å². The Morgan fingerprint density at radius 1 is 0.914 bits per heavy atom. The molecule has 9 nitrogen and oxygen atoms in total. The summed E-state index contributed by atoms with van der Waals surface area (Å²) in [5, 5.41) is 17.0. The molecule has 0 bridgehead atoms. The summed E-state index contributed by atoms with van der Waals surface area (Å²) >= 11 is 6.38. The van der Waals surface area contributed by atoms with Crippen LogP contribution in [0.15, 0.2) is 78.9 Å². The number of carbonyl (C=O) groups excluding carboxylic acids is 4. The summed E-state index contributed by atoms with van der Waals surface area (Å²) in [4.78, 5) is 46.1. The van der Waals surface area contributed by atoms with Crippen LogP contribution in [0, 0.1) is 0 Å². The molecule has 3 aromatic carbocycles. The molecular weight excluding hydrogens is 474 g/mol. The summed E-state index contributed by atoms with van der Waals surface area (Å²) in [5.41, 5.74) is 1.98. The zero-order valence-electron chi connectivity index (χ0n) is 18.4. The maximum atomic E-state index is 12.7. The fraction of sp³-hybridized carbons (Fsp3) is 0.120. The number of carbonyl (C=O) groups is 4. The van der Waals surface area contributed by atoms with Gasteiger partial charge in [0.05, 0.1) is 18.8 Å². The summed E-state index contributed by atoms with van der Waals surface area (Å²) in [6, 6.07) is 21.1. The van der Waals surface area contributed by atoms with Gasteiger partial charge in [0.15, 0.2) is 0 Å². The molecule has 10 heteroatoms. The van der Waals surface area contributed by atoms with E-state index in [0.29, 0.717) is 6.41 Å². The largest absolute Gasteiger partial charge is 0.508 e. The van der Waals surface area contributed by atoms with Crippen molar-refractivity contribution in [2.45, 2.75) is 5.00 Å². The number of nitrogens with one attached hydrogen (secondary N) is 3. The van der Waals surface area contributed by atoms with E-state index in [9.17, 15) is 24.3 Å². The number of hydrogen-bond acceptors (Lipinski definition) is 7. The summed E-state index contributed by atoms with van der Waals surface area (Å²) in [6.07, 6.45) is 0.386. The van der Waals surface area contributed by atoms with E-state index in [4.69, 9.17) is 16.3 Å².